The Labute approximate surface area is 231 Å². The van der Waals surface area contributed by atoms with Gasteiger partial charge in [-0.3, -0.25) is 9.59 Å². The van der Waals surface area contributed by atoms with Crippen molar-refractivity contribution in [2.75, 3.05) is 26.2 Å². The molecule has 0 saturated heterocycles. The number of amides is 2. The molecule has 3 aromatic rings. The molecular formula is C32H37ClN2O3. The maximum Gasteiger partial charge on any atom is 0.257 e. The van der Waals surface area contributed by atoms with Crippen molar-refractivity contribution in [1.29, 1.82) is 0 Å². The zero-order valence-corrected chi connectivity index (χ0v) is 22.9. The van der Waals surface area contributed by atoms with Crippen LogP contribution in [0.4, 0.5) is 0 Å². The Morgan fingerprint density at radius 3 is 2.37 bits per heavy atom. The quantitative estimate of drug-likeness (QED) is 0.367. The third-order valence-electron chi connectivity index (χ3n) is 7.16. The summed E-state index contributed by atoms with van der Waals surface area (Å²) in [6.07, 6.45) is 4.51. The molecule has 0 radical (unpaired) electrons. The summed E-state index contributed by atoms with van der Waals surface area (Å²) in [5, 5.41) is 0.694. The van der Waals surface area contributed by atoms with E-state index in [0.717, 1.165) is 30.4 Å². The van der Waals surface area contributed by atoms with Gasteiger partial charge in [0.05, 0.1) is 11.6 Å². The van der Waals surface area contributed by atoms with E-state index in [2.05, 4.69) is 12.1 Å². The number of carbonyl (C=O) groups is 2. The highest BCUT2D eigenvalue weighted by molar-refractivity contribution is 6.30. The average molecular weight is 533 g/mol. The summed E-state index contributed by atoms with van der Waals surface area (Å²) in [7, 11) is 0. The Morgan fingerprint density at radius 1 is 0.895 bits per heavy atom. The number of para-hydroxylation sites is 1. The molecular weight excluding hydrogens is 496 g/mol. The maximum absolute atomic E-state index is 13.7. The highest BCUT2D eigenvalue weighted by Crippen LogP contribution is 2.23. The SMILES string of the molecule is CCN1CCCCCN(C(=O)CCc2ccc(Cl)cc2)[C@@H](Cc2ccccc2)COc2ccccc2C1=O. The number of rotatable bonds is 6. The highest BCUT2D eigenvalue weighted by Gasteiger charge is 2.26. The summed E-state index contributed by atoms with van der Waals surface area (Å²) in [6.45, 7) is 4.34. The Hall–Kier alpha value is -3.31. The molecule has 0 bridgehead atoms. The van der Waals surface area contributed by atoms with E-state index >= 15 is 0 Å². The maximum atomic E-state index is 13.7. The number of fused-ring (bicyclic) bond motifs is 1. The van der Waals surface area contributed by atoms with Gasteiger partial charge in [0.1, 0.15) is 12.4 Å². The number of hydrogen-bond acceptors (Lipinski definition) is 3. The van der Waals surface area contributed by atoms with Crippen LogP contribution in [0.3, 0.4) is 0 Å². The number of carbonyl (C=O) groups excluding carboxylic acids is 2. The van der Waals surface area contributed by atoms with Gasteiger partial charge < -0.3 is 14.5 Å². The van der Waals surface area contributed by atoms with Crippen LogP contribution in [-0.2, 0) is 17.6 Å². The van der Waals surface area contributed by atoms with Crippen molar-refractivity contribution < 1.29 is 14.3 Å². The normalized spacial score (nSPS) is 17.0. The molecule has 2 amide bonds. The molecule has 0 aromatic heterocycles. The minimum Gasteiger partial charge on any atom is -0.491 e. The van der Waals surface area contributed by atoms with E-state index in [9.17, 15) is 9.59 Å². The van der Waals surface area contributed by atoms with Gasteiger partial charge in [-0.05, 0) is 74.4 Å². The van der Waals surface area contributed by atoms with Gasteiger partial charge in [0, 0.05) is 31.1 Å². The zero-order valence-electron chi connectivity index (χ0n) is 22.2. The van der Waals surface area contributed by atoms with E-state index in [1.165, 1.54) is 0 Å². The summed E-state index contributed by atoms with van der Waals surface area (Å²) < 4.78 is 6.35. The number of nitrogens with zero attached hydrogens (tertiary/aromatic N) is 2. The summed E-state index contributed by atoms with van der Waals surface area (Å²) >= 11 is 6.04. The fourth-order valence-electron chi connectivity index (χ4n) is 4.99. The first kappa shape index (κ1) is 27.7. The molecule has 1 aliphatic rings. The van der Waals surface area contributed by atoms with Crippen molar-refractivity contribution in [2.45, 2.75) is 51.5 Å². The topological polar surface area (TPSA) is 49.9 Å². The molecule has 1 heterocycles. The van der Waals surface area contributed by atoms with Crippen molar-refractivity contribution in [3.05, 3.63) is 101 Å². The molecule has 0 fully saturated rings. The Bertz CT molecular complexity index is 1180. The first-order valence-electron chi connectivity index (χ1n) is 13.6. The van der Waals surface area contributed by atoms with Crippen molar-refractivity contribution in [3.8, 4) is 5.75 Å². The summed E-state index contributed by atoms with van der Waals surface area (Å²) in [6, 6.07) is 25.2. The standard InChI is InChI=1S/C32H37ClN2O3/c1-2-34-21-9-4-10-22-35(31(36)20-17-25-15-18-27(33)19-16-25)28(23-26-11-5-3-6-12-26)24-38-30-14-8-7-13-29(30)32(34)37/h3,5-8,11-16,18-19,28H,2,4,9-10,17,20-24H2,1H3/t28-/m0/s1. The van der Waals surface area contributed by atoms with Crippen molar-refractivity contribution in [1.82, 2.24) is 9.80 Å². The first-order chi connectivity index (χ1) is 18.5. The third kappa shape index (κ3) is 7.61. The van der Waals surface area contributed by atoms with Crippen LogP contribution in [-0.4, -0.2) is 53.9 Å². The predicted molar refractivity (Wildman–Crippen MR) is 153 cm³/mol. The van der Waals surface area contributed by atoms with Crippen molar-refractivity contribution in [3.63, 3.8) is 0 Å². The second kappa shape index (κ2) is 14.0. The fraction of sp³-hybridized carbons (Fsp3) is 0.375. The molecule has 3 aromatic carbocycles. The van der Waals surface area contributed by atoms with E-state index < -0.39 is 0 Å². The van der Waals surface area contributed by atoms with Crippen molar-refractivity contribution in [2.24, 2.45) is 0 Å². The molecule has 0 N–H and O–H groups in total. The fourth-order valence-corrected chi connectivity index (χ4v) is 5.12. The van der Waals surface area contributed by atoms with Crippen LogP contribution >= 0.6 is 11.6 Å². The number of benzene rings is 3. The summed E-state index contributed by atoms with van der Waals surface area (Å²) in [5.41, 5.74) is 2.83. The zero-order chi connectivity index (χ0) is 26.7. The van der Waals surface area contributed by atoms with Crippen LogP contribution in [0.25, 0.3) is 0 Å². The Balaban J connectivity index is 1.60. The molecule has 1 atom stereocenters. The van der Waals surface area contributed by atoms with Gasteiger partial charge in [-0.2, -0.15) is 0 Å². The smallest absolute Gasteiger partial charge is 0.257 e. The molecule has 0 spiro atoms. The molecule has 0 aliphatic carbocycles. The van der Waals surface area contributed by atoms with E-state index in [0.29, 0.717) is 61.8 Å². The molecule has 6 heteroatoms. The van der Waals surface area contributed by atoms with E-state index in [1.54, 1.807) is 0 Å². The van der Waals surface area contributed by atoms with E-state index in [4.69, 9.17) is 16.3 Å². The van der Waals surface area contributed by atoms with Crippen molar-refractivity contribution >= 4 is 23.4 Å². The molecule has 1 aliphatic heterocycles. The third-order valence-corrected chi connectivity index (χ3v) is 7.41. The minimum atomic E-state index is -0.152. The lowest BCUT2D eigenvalue weighted by Gasteiger charge is -2.32. The van der Waals surface area contributed by atoms with Gasteiger partial charge >= 0.3 is 0 Å². The molecule has 5 nitrogen and oxygen atoms in total. The average Bonchev–Trinajstić information content (AvgIpc) is 2.96. The molecule has 0 unspecified atom stereocenters. The van der Waals surface area contributed by atoms with Gasteiger partial charge in [0.25, 0.3) is 5.91 Å². The number of halogens is 1. The van der Waals surface area contributed by atoms with Crippen LogP contribution in [0.5, 0.6) is 5.75 Å². The lowest BCUT2D eigenvalue weighted by molar-refractivity contribution is -0.134. The highest BCUT2D eigenvalue weighted by atomic mass is 35.5. The van der Waals surface area contributed by atoms with Gasteiger partial charge in [-0.25, -0.2) is 0 Å². The van der Waals surface area contributed by atoms with Crippen LogP contribution in [0.15, 0.2) is 78.9 Å². The Kier molecular flexibility index (Phi) is 10.2. The van der Waals surface area contributed by atoms with Crippen LogP contribution in [0, 0.1) is 0 Å². The molecule has 0 saturated carbocycles. The summed E-state index contributed by atoms with van der Waals surface area (Å²) in [4.78, 5) is 30.9. The van der Waals surface area contributed by atoms with Crippen LogP contribution < -0.4 is 4.74 Å². The molecule has 200 valence electrons. The van der Waals surface area contributed by atoms with Crippen LogP contribution in [0.1, 0.15) is 54.1 Å². The monoisotopic (exact) mass is 532 g/mol. The Morgan fingerprint density at radius 2 is 1.61 bits per heavy atom. The van der Waals surface area contributed by atoms with Gasteiger partial charge in [-0.1, -0.05) is 66.2 Å². The number of aryl methyl sites for hydroxylation is 1. The van der Waals surface area contributed by atoms with E-state index in [1.807, 2.05) is 83.5 Å². The lowest BCUT2D eigenvalue weighted by Crippen LogP contribution is -2.45. The van der Waals surface area contributed by atoms with E-state index in [-0.39, 0.29) is 17.9 Å². The second-order valence-electron chi connectivity index (χ2n) is 9.81. The van der Waals surface area contributed by atoms with Gasteiger partial charge in [-0.15, -0.1) is 0 Å². The lowest BCUT2D eigenvalue weighted by atomic mass is 10.0. The molecule has 38 heavy (non-hydrogen) atoms. The molecule has 4 rings (SSSR count). The minimum absolute atomic E-state index is 0.00199. The van der Waals surface area contributed by atoms with Gasteiger partial charge in [0.15, 0.2) is 0 Å². The summed E-state index contributed by atoms with van der Waals surface area (Å²) in [5.74, 6) is 0.693. The van der Waals surface area contributed by atoms with Crippen LogP contribution in [0.2, 0.25) is 5.02 Å². The predicted octanol–water partition coefficient (Wildman–Crippen LogP) is 6.44. The number of ether oxygens (including phenoxy) is 1. The first-order valence-corrected chi connectivity index (χ1v) is 14.0. The largest absolute Gasteiger partial charge is 0.491 e. The number of hydrogen-bond donors (Lipinski definition) is 0. The van der Waals surface area contributed by atoms with Gasteiger partial charge in [0.2, 0.25) is 5.91 Å². The second-order valence-corrected chi connectivity index (χ2v) is 10.2.